The molecule has 94 valence electrons. The summed E-state index contributed by atoms with van der Waals surface area (Å²) in [5.41, 5.74) is 0.889. The number of aromatic nitrogens is 2. The summed E-state index contributed by atoms with van der Waals surface area (Å²) >= 11 is 0. The Morgan fingerprint density at radius 3 is 2.72 bits per heavy atom. The molecule has 0 aliphatic carbocycles. The van der Waals surface area contributed by atoms with Crippen molar-refractivity contribution in [2.45, 2.75) is 6.92 Å². The Morgan fingerprint density at radius 1 is 1.17 bits per heavy atom. The molecule has 5 nitrogen and oxygen atoms in total. The van der Waals surface area contributed by atoms with Gasteiger partial charge in [0.15, 0.2) is 0 Å². The first-order valence-corrected chi connectivity index (χ1v) is 5.82. The summed E-state index contributed by atoms with van der Waals surface area (Å²) in [6.07, 6.45) is 1.51. The minimum Gasteiger partial charge on any atom is -0.492 e. The third-order valence-electron chi connectivity index (χ3n) is 2.37. The highest BCUT2D eigenvalue weighted by Gasteiger charge is 2.04. The number of rotatable bonds is 5. The molecular formula is C13H16N4O. The van der Waals surface area contributed by atoms with Crippen molar-refractivity contribution in [3.63, 3.8) is 0 Å². The van der Waals surface area contributed by atoms with Crippen molar-refractivity contribution in [3.8, 4) is 5.75 Å². The maximum Gasteiger partial charge on any atom is 0.142 e. The van der Waals surface area contributed by atoms with Gasteiger partial charge in [-0.1, -0.05) is 12.1 Å². The van der Waals surface area contributed by atoms with Crippen molar-refractivity contribution < 1.29 is 4.74 Å². The molecule has 2 rings (SSSR count). The zero-order valence-corrected chi connectivity index (χ0v) is 10.5. The number of para-hydroxylation sites is 2. The van der Waals surface area contributed by atoms with Gasteiger partial charge in [0.05, 0.1) is 12.3 Å². The van der Waals surface area contributed by atoms with Gasteiger partial charge in [-0.15, -0.1) is 0 Å². The van der Waals surface area contributed by atoms with E-state index in [4.69, 9.17) is 4.74 Å². The summed E-state index contributed by atoms with van der Waals surface area (Å²) in [7, 11) is 1.82. The number of nitrogens with one attached hydrogen (secondary N) is 2. The summed E-state index contributed by atoms with van der Waals surface area (Å²) in [6, 6.07) is 9.60. The van der Waals surface area contributed by atoms with Crippen LogP contribution in [0.1, 0.15) is 6.92 Å². The summed E-state index contributed by atoms with van der Waals surface area (Å²) in [5.74, 6) is 2.30. The number of nitrogens with zero attached hydrogens (tertiary/aromatic N) is 2. The van der Waals surface area contributed by atoms with Gasteiger partial charge < -0.3 is 15.4 Å². The van der Waals surface area contributed by atoms with E-state index in [9.17, 15) is 0 Å². The van der Waals surface area contributed by atoms with Crippen LogP contribution in [0.5, 0.6) is 5.75 Å². The molecule has 1 heterocycles. The molecule has 18 heavy (non-hydrogen) atoms. The average molecular weight is 244 g/mol. The SMILES string of the molecule is CCOc1ccccc1Nc1cc(NC)ncn1. The topological polar surface area (TPSA) is 59.1 Å². The molecule has 0 spiro atoms. The van der Waals surface area contributed by atoms with Crippen LogP contribution in [0.15, 0.2) is 36.7 Å². The predicted molar refractivity (Wildman–Crippen MR) is 72.5 cm³/mol. The number of ether oxygens (including phenoxy) is 1. The molecule has 2 aromatic rings. The number of hydrogen-bond donors (Lipinski definition) is 2. The molecule has 2 N–H and O–H groups in total. The monoisotopic (exact) mass is 244 g/mol. The van der Waals surface area contributed by atoms with E-state index < -0.39 is 0 Å². The van der Waals surface area contributed by atoms with Crippen LogP contribution in [0.4, 0.5) is 17.3 Å². The van der Waals surface area contributed by atoms with E-state index in [-0.39, 0.29) is 0 Å². The molecule has 0 amide bonds. The fourth-order valence-electron chi connectivity index (χ4n) is 1.55. The molecule has 0 fully saturated rings. The van der Waals surface area contributed by atoms with Gasteiger partial charge in [-0.05, 0) is 19.1 Å². The van der Waals surface area contributed by atoms with Crippen LogP contribution in [0.2, 0.25) is 0 Å². The molecule has 0 atom stereocenters. The fourth-order valence-corrected chi connectivity index (χ4v) is 1.55. The fraction of sp³-hybridized carbons (Fsp3) is 0.231. The van der Waals surface area contributed by atoms with Crippen molar-refractivity contribution in [1.82, 2.24) is 9.97 Å². The molecule has 0 saturated carbocycles. The van der Waals surface area contributed by atoms with E-state index in [1.807, 2.05) is 44.3 Å². The summed E-state index contributed by atoms with van der Waals surface area (Å²) in [4.78, 5) is 8.23. The second-order valence-electron chi connectivity index (χ2n) is 3.59. The lowest BCUT2D eigenvalue weighted by molar-refractivity contribution is 0.342. The third-order valence-corrected chi connectivity index (χ3v) is 2.37. The van der Waals surface area contributed by atoms with Crippen molar-refractivity contribution in [3.05, 3.63) is 36.7 Å². The Labute approximate surface area is 106 Å². The number of anilines is 3. The molecule has 0 radical (unpaired) electrons. The van der Waals surface area contributed by atoms with Crippen LogP contribution in [-0.2, 0) is 0 Å². The largest absolute Gasteiger partial charge is 0.492 e. The molecule has 0 aliphatic heterocycles. The van der Waals surface area contributed by atoms with Gasteiger partial charge >= 0.3 is 0 Å². The molecule has 0 aliphatic rings. The maximum atomic E-state index is 5.54. The lowest BCUT2D eigenvalue weighted by Crippen LogP contribution is -2.00. The Bertz CT molecular complexity index is 516. The lowest BCUT2D eigenvalue weighted by Gasteiger charge is -2.11. The number of benzene rings is 1. The predicted octanol–water partition coefficient (Wildman–Crippen LogP) is 2.66. The second-order valence-corrected chi connectivity index (χ2v) is 3.59. The van der Waals surface area contributed by atoms with Crippen LogP contribution in [0, 0.1) is 0 Å². The van der Waals surface area contributed by atoms with Gasteiger partial charge in [0.1, 0.15) is 23.7 Å². The molecule has 0 saturated heterocycles. The first-order valence-electron chi connectivity index (χ1n) is 5.82. The Morgan fingerprint density at radius 2 is 1.94 bits per heavy atom. The first kappa shape index (κ1) is 12.2. The van der Waals surface area contributed by atoms with Gasteiger partial charge in [0.25, 0.3) is 0 Å². The highest BCUT2D eigenvalue weighted by atomic mass is 16.5. The summed E-state index contributed by atoms with van der Waals surface area (Å²) in [6.45, 7) is 2.59. The molecule has 0 bridgehead atoms. The van der Waals surface area contributed by atoms with Crippen LogP contribution in [0.25, 0.3) is 0 Å². The van der Waals surface area contributed by atoms with E-state index in [1.54, 1.807) is 0 Å². The maximum absolute atomic E-state index is 5.54. The summed E-state index contributed by atoms with van der Waals surface area (Å²) in [5, 5.41) is 6.19. The van der Waals surface area contributed by atoms with Gasteiger partial charge in [-0.25, -0.2) is 9.97 Å². The second kappa shape index (κ2) is 5.86. The van der Waals surface area contributed by atoms with Crippen molar-refractivity contribution in [1.29, 1.82) is 0 Å². The zero-order valence-electron chi connectivity index (χ0n) is 10.5. The van der Waals surface area contributed by atoms with Crippen molar-refractivity contribution >= 4 is 17.3 Å². The highest BCUT2D eigenvalue weighted by molar-refractivity contribution is 5.65. The van der Waals surface area contributed by atoms with Gasteiger partial charge in [0.2, 0.25) is 0 Å². The van der Waals surface area contributed by atoms with E-state index in [0.717, 1.165) is 23.1 Å². The molecule has 5 heteroatoms. The lowest BCUT2D eigenvalue weighted by atomic mass is 10.3. The van der Waals surface area contributed by atoms with Gasteiger partial charge in [-0.2, -0.15) is 0 Å². The highest BCUT2D eigenvalue weighted by Crippen LogP contribution is 2.26. The quantitative estimate of drug-likeness (QED) is 0.846. The standard InChI is InChI=1S/C13H16N4O/c1-3-18-11-7-5-4-6-10(11)17-13-8-12(14-2)15-9-16-13/h4-9H,3H2,1-2H3,(H2,14,15,16,17). The summed E-state index contributed by atoms with van der Waals surface area (Å²) < 4.78 is 5.54. The smallest absolute Gasteiger partial charge is 0.142 e. The Balaban J connectivity index is 2.22. The minimum atomic E-state index is 0.629. The molecular weight excluding hydrogens is 228 g/mol. The van der Waals surface area contributed by atoms with E-state index >= 15 is 0 Å². The van der Waals surface area contributed by atoms with E-state index in [1.165, 1.54) is 6.33 Å². The minimum absolute atomic E-state index is 0.629. The van der Waals surface area contributed by atoms with Gasteiger partial charge in [-0.3, -0.25) is 0 Å². The Kier molecular flexibility index (Phi) is 3.96. The molecule has 1 aromatic heterocycles. The van der Waals surface area contributed by atoms with Crippen LogP contribution >= 0.6 is 0 Å². The normalized spacial score (nSPS) is 9.89. The van der Waals surface area contributed by atoms with Crippen LogP contribution in [0.3, 0.4) is 0 Å². The number of hydrogen-bond acceptors (Lipinski definition) is 5. The molecule has 0 unspecified atom stereocenters. The average Bonchev–Trinajstić information content (AvgIpc) is 2.41. The molecule has 1 aromatic carbocycles. The van der Waals surface area contributed by atoms with Gasteiger partial charge in [0, 0.05) is 13.1 Å². The Hall–Kier alpha value is -2.30. The van der Waals surface area contributed by atoms with Crippen molar-refractivity contribution in [2.24, 2.45) is 0 Å². The van der Waals surface area contributed by atoms with Crippen LogP contribution in [-0.4, -0.2) is 23.6 Å². The van der Waals surface area contributed by atoms with Crippen molar-refractivity contribution in [2.75, 3.05) is 24.3 Å². The zero-order chi connectivity index (χ0) is 12.8. The van der Waals surface area contributed by atoms with Crippen LogP contribution < -0.4 is 15.4 Å². The van der Waals surface area contributed by atoms with E-state index in [0.29, 0.717) is 6.61 Å². The third kappa shape index (κ3) is 2.88. The first-order chi connectivity index (χ1) is 8.83. The van der Waals surface area contributed by atoms with E-state index in [2.05, 4.69) is 20.6 Å².